The van der Waals surface area contributed by atoms with Crippen LogP contribution in [0.3, 0.4) is 0 Å². The molecule has 0 aliphatic carbocycles. The molecule has 1 atom stereocenters. The van der Waals surface area contributed by atoms with E-state index in [9.17, 15) is 9.90 Å². The van der Waals surface area contributed by atoms with Gasteiger partial charge in [-0.05, 0) is 6.42 Å². The summed E-state index contributed by atoms with van der Waals surface area (Å²) in [6.07, 6.45) is 2.97. The van der Waals surface area contributed by atoms with Crippen LogP contribution in [-0.4, -0.2) is 23.8 Å². The monoisotopic (exact) mass is 172 g/mol. The number of ether oxygens (including phenoxy) is 1. The van der Waals surface area contributed by atoms with E-state index in [1.165, 1.54) is 0 Å². The lowest BCUT2D eigenvalue weighted by Crippen LogP contribution is -2.11. The van der Waals surface area contributed by atoms with Crippen molar-refractivity contribution < 1.29 is 14.6 Å². The first-order valence-electron chi connectivity index (χ1n) is 4.18. The summed E-state index contributed by atoms with van der Waals surface area (Å²) in [5.74, 6) is -0.432. The maximum atomic E-state index is 10.5. The smallest absolute Gasteiger partial charge is 0.330 e. The van der Waals surface area contributed by atoms with Crippen LogP contribution in [0, 0.1) is 0 Å². The molecule has 0 bridgehead atoms. The van der Waals surface area contributed by atoms with E-state index < -0.39 is 5.97 Å². The van der Waals surface area contributed by atoms with Crippen molar-refractivity contribution in [3.05, 3.63) is 12.7 Å². The zero-order chi connectivity index (χ0) is 9.40. The maximum Gasteiger partial charge on any atom is 0.330 e. The van der Waals surface area contributed by atoms with Crippen LogP contribution in [0.5, 0.6) is 0 Å². The molecular weight excluding hydrogens is 156 g/mol. The van der Waals surface area contributed by atoms with Gasteiger partial charge >= 0.3 is 5.97 Å². The highest BCUT2D eigenvalue weighted by Gasteiger charge is 2.03. The first-order valence-corrected chi connectivity index (χ1v) is 4.18. The third kappa shape index (κ3) is 5.92. The van der Waals surface area contributed by atoms with E-state index in [1.54, 1.807) is 0 Å². The summed E-state index contributed by atoms with van der Waals surface area (Å²) in [5, 5.41) is 9.22. The minimum atomic E-state index is -0.432. The van der Waals surface area contributed by atoms with E-state index in [4.69, 9.17) is 4.74 Å². The van der Waals surface area contributed by atoms with Crippen LogP contribution in [0.4, 0.5) is 0 Å². The molecule has 0 radical (unpaired) electrons. The van der Waals surface area contributed by atoms with Gasteiger partial charge in [0.15, 0.2) is 0 Å². The summed E-state index contributed by atoms with van der Waals surface area (Å²) in [7, 11) is 0. The van der Waals surface area contributed by atoms with Gasteiger partial charge in [0.05, 0.1) is 12.7 Å². The summed E-state index contributed by atoms with van der Waals surface area (Å²) < 4.78 is 4.69. The van der Waals surface area contributed by atoms with Gasteiger partial charge in [-0.15, -0.1) is 0 Å². The zero-order valence-electron chi connectivity index (χ0n) is 7.45. The van der Waals surface area contributed by atoms with Gasteiger partial charge in [-0.25, -0.2) is 4.79 Å². The Kier molecular flexibility index (Phi) is 6.38. The van der Waals surface area contributed by atoms with Gasteiger partial charge in [0, 0.05) is 12.5 Å². The first kappa shape index (κ1) is 11.2. The Morgan fingerprint density at radius 3 is 2.83 bits per heavy atom. The van der Waals surface area contributed by atoms with Gasteiger partial charge in [-0.3, -0.25) is 0 Å². The molecule has 0 saturated carbocycles. The Balaban J connectivity index is 3.30. The molecular formula is C9H16O3. The van der Waals surface area contributed by atoms with Crippen molar-refractivity contribution >= 4 is 5.97 Å². The van der Waals surface area contributed by atoms with Crippen molar-refractivity contribution in [3.8, 4) is 0 Å². The predicted molar refractivity (Wildman–Crippen MR) is 46.7 cm³/mol. The highest BCUT2D eigenvalue weighted by Crippen LogP contribution is 2.00. The lowest BCUT2D eigenvalue weighted by atomic mass is 10.1. The van der Waals surface area contributed by atoms with E-state index in [-0.39, 0.29) is 12.7 Å². The van der Waals surface area contributed by atoms with Crippen LogP contribution in [0.1, 0.15) is 26.2 Å². The van der Waals surface area contributed by atoms with Gasteiger partial charge in [0.2, 0.25) is 0 Å². The van der Waals surface area contributed by atoms with E-state index in [1.807, 2.05) is 6.92 Å². The van der Waals surface area contributed by atoms with Gasteiger partial charge in [0.25, 0.3) is 0 Å². The van der Waals surface area contributed by atoms with E-state index in [0.717, 1.165) is 18.9 Å². The molecule has 1 unspecified atom stereocenters. The highest BCUT2D eigenvalue weighted by atomic mass is 16.5. The van der Waals surface area contributed by atoms with Gasteiger partial charge in [-0.2, -0.15) is 0 Å². The van der Waals surface area contributed by atoms with Crippen molar-refractivity contribution in [2.45, 2.75) is 32.3 Å². The Morgan fingerprint density at radius 2 is 2.33 bits per heavy atom. The predicted octanol–water partition coefficient (Wildman–Crippen LogP) is 1.27. The molecule has 0 fully saturated rings. The summed E-state index contributed by atoms with van der Waals surface area (Å²) in [6.45, 7) is 5.53. The molecule has 0 aromatic heterocycles. The fraction of sp³-hybridized carbons (Fsp3) is 0.667. The summed E-state index contributed by atoms with van der Waals surface area (Å²) >= 11 is 0. The average Bonchev–Trinajstić information content (AvgIpc) is 2.04. The fourth-order valence-corrected chi connectivity index (χ4v) is 0.832. The summed E-state index contributed by atoms with van der Waals surface area (Å²) in [5.41, 5.74) is 0. The Hall–Kier alpha value is -0.830. The first-order chi connectivity index (χ1) is 5.70. The number of carbonyl (C=O) groups excluding carboxylic acids is 1. The molecule has 0 aliphatic rings. The number of aliphatic hydroxyl groups is 1. The van der Waals surface area contributed by atoms with Crippen molar-refractivity contribution in [2.75, 3.05) is 6.61 Å². The quantitative estimate of drug-likeness (QED) is 0.484. The van der Waals surface area contributed by atoms with Crippen molar-refractivity contribution in [1.29, 1.82) is 0 Å². The molecule has 70 valence electrons. The normalized spacial score (nSPS) is 12.2. The molecule has 0 aromatic carbocycles. The molecule has 0 rings (SSSR count). The molecule has 0 spiro atoms. The lowest BCUT2D eigenvalue weighted by Gasteiger charge is -2.07. The SMILES string of the molecule is C=CC(=O)OCCC(O)CCC. The van der Waals surface area contributed by atoms with Crippen LogP contribution in [0.15, 0.2) is 12.7 Å². The van der Waals surface area contributed by atoms with E-state index >= 15 is 0 Å². The number of hydrogen-bond donors (Lipinski definition) is 1. The minimum Gasteiger partial charge on any atom is -0.462 e. The highest BCUT2D eigenvalue weighted by molar-refractivity contribution is 5.81. The van der Waals surface area contributed by atoms with Gasteiger partial charge in [0.1, 0.15) is 0 Å². The minimum absolute atomic E-state index is 0.270. The van der Waals surface area contributed by atoms with E-state index in [2.05, 4.69) is 6.58 Å². The van der Waals surface area contributed by atoms with Crippen LogP contribution in [-0.2, 0) is 9.53 Å². The average molecular weight is 172 g/mol. The topological polar surface area (TPSA) is 46.5 Å². The Labute approximate surface area is 73.0 Å². The van der Waals surface area contributed by atoms with Crippen molar-refractivity contribution in [1.82, 2.24) is 0 Å². The Bertz CT molecular complexity index is 143. The van der Waals surface area contributed by atoms with Crippen LogP contribution < -0.4 is 0 Å². The molecule has 3 nitrogen and oxygen atoms in total. The second-order valence-corrected chi connectivity index (χ2v) is 2.60. The third-order valence-electron chi connectivity index (χ3n) is 1.48. The molecule has 0 saturated heterocycles. The second-order valence-electron chi connectivity index (χ2n) is 2.60. The van der Waals surface area contributed by atoms with Crippen LogP contribution in [0.25, 0.3) is 0 Å². The standard InChI is InChI=1S/C9H16O3/c1-3-5-8(10)6-7-12-9(11)4-2/h4,8,10H,2-3,5-7H2,1H3. The largest absolute Gasteiger partial charge is 0.462 e. The summed E-state index contributed by atoms with van der Waals surface area (Å²) in [6, 6.07) is 0. The molecule has 0 aromatic rings. The molecule has 0 aliphatic heterocycles. The fourth-order valence-electron chi connectivity index (χ4n) is 0.832. The molecule has 12 heavy (non-hydrogen) atoms. The molecule has 3 heteroatoms. The summed E-state index contributed by atoms with van der Waals surface area (Å²) in [4.78, 5) is 10.5. The van der Waals surface area contributed by atoms with Crippen molar-refractivity contribution in [3.63, 3.8) is 0 Å². The Morgan fingerprint density at radius 1 is 1.67 bits per heavy atom. The maximum absolute atomic E-state index is 10.5. The molecule has 1 N–H and O–H groups in total. The number of aliphatic hydroxyl groups excluding tert-OH is 1. The zero-order valence-corrected chi connectivity index (χ0v) is 7.45. The number of hydrogen-bond acceptors (Lipinski definition) is 3. The lowest BCUT2D eigenvalue weighted by molar-refractivity contribution is -0.138. The van der Waals surface area contributed by atoms with Crippen molar-refractivity contribution in [2.24, 2.45) is 0 Å². The third-order valence-corrected chi connectivity index (χ3v) is 1.48. The molecule has 0 heterocycles. The second kappa shape index (κ2) is 6.85. The van der Waals surface area contributed by atoms with E-state index in [0.29, 0.717) is 6.42 Å². The van der Waals surface area contributed by atoms with Crippen LogP contribution in [0.2, 0.25) is 0 Å². The number of carbonyl (C=O) groups is 1. The van der Waals surface area contributed by atoms with Gasteiger partial charge < -0.3 is 9.84 Å². The number of esters is 1. The molecule has 0 amide bonds. The van der Waals surface area contributed by atoms with Gasteiger partial charge in [-0.1, -0.05) is 19.9 Å². The number of rotatable bonds is 6. The van der Waals surface area contributed by atoms with Crippen LogP contribution >= 0.6 is 0 Å².